The Balaban J connectivity index is 0.00000441. The molecule has 5 nitrogen and oxygen atoms in total. The number of halogens is 3. The molecule has 0 aromatic heterocycles. The number of alkyl halides is 2. The maximum absolute atomic E-state index is 13.0. The van der Waals surface area contributed by atoms with Crippen molar-refractivity contribution in [1.29, 1.82) is 0 Å². The Morgan fingerprint density at radius 2 is 2.09 bits per heavy atom. The van der Waals surface area contributed by atoms with Gasteiger partial charge in [-0.3, -0.25) is 4.79 Å². The van der Waals surface area contributed by atoms with E-state index in [2.05, 4.69) is 5.32 Å². The molecule has 126 valence electrons. The molecule has 1 aromatic carbocycles. The van der Waals surface area contributed by atoms with Crippen LogP contribution >= 0.6 is 12.4 Å². The van der Waals surface area contributed by atoms with Crippen LogP contribution in [0.1, 0.15) is 16.8 Å². The number of hydrogen-bond donors (Lipinski definition) is 2. The predicted molar refractivity (Wildman–Crippen MR) is 82.0 cm³/mol. The number of carbonyl (C=O) groups excluding carboxylic acids is 1. The fourth-order valence-electron chi connectivity index (χ4n) is 1.50. The van der Waals surface area contributed by atoms with Crippen molar-refractivity contribution in [1.82, 2.24) is 5.32 Å². The molecule has 0 atom stereocenters. The van der Waals surface area contributed by atoms with Gasteiger partial charge >= 0.3 is 0 Å². The van der Waals surface area contributed by atoms with E-state index in [1.807, 2.05) is 0 Å². The zero-order chi connectivity index (χ0) is 15.7. The lowest BCUT2D eigenvalue weighted by atomic mass is 10.2. The van der Waals surface area contributed by atoms with Gasteiger partial charge in [-0.15, -0.1) is 12.4 Å². The Morgan fingerprint density at radius 1 is 1.36 bits per heavy atom. The van der Waals surface area contributed by atoms with Crippen LogP contribution in [0.4, 0.5) is 8.78 Å². The number of carbonyl (C=O) groups is 1. The molecular weight excluding hydrogens is 318 g/mol. The van der Waals surface area contributed by atoms with E-state index < -0.39 is 24.9 Å². The average Bonchev–Trinajstić information content (AvgIpc) is 2.49. The lowest BCUT2D eigenvalue weighted by Crippen LogP contribution is -2.41. The molecule has 0 aliphatic heterocycles. The van der Waals surface area contributed by atoms with Gasteiger partial charge < -0.3 is 20.5 Å². The van der Waals surface area contributed by atoms with Crippen LogP contribution in [0.25, 0.3) is 0 Å². The molecule has 3 N–H and O–H groups in total. The largest absolute Gasteiger partial charge is 0.493 e. The molecule has 0 unspecified atom stereocenters. The Bertz CT molecular complexity index is 461. The Morgan fingerprint density at radius 3 is 2.73 bits per heavy atom. The number of methoxy groups -OCH3 is 1. The number of amides is 1. The molecule has 0 saturated carbocycles. The van der Waals surface area contributed by atoms with Gasteiger partial charge in [0, 0.05) is 25.7 Å². The third-order valence-corrected chi connectivity index (χ3v) is 2.66. The minimum atomic E-state index is -3.11. The second-order valence-electron chi connectivity index (χ2n) is 4.47. The van der Waals surface area contributed by atoms with Gasteiger partial charge in [-0.05, 0) is 18.2 Å². The summed E-state index contributed by atoms with van der Waals surface area (Å²) in [4.78, 5) is 11.8. The van der Waals surface area contributed by atoms with Crippen molar-refractivity contribution in [2.24, 2.45) is 5.73 Å². The van der Waals surface area contributed by atoms with Gasteiger partial charge in [0.05, 0.1) is 19.7 Å². The maximum atomic E-state index is 13.0. The van der Waals surface area contributed by atoms with Crippen LogP contribution in [0.2, 0.25) is 0 Å². The molecular formula is C14H21ClF2N2O3. The number of nitrogens with one attached hydrogen (secondary N) is 1. The van der Waals surface area contributed by atoms with Crippen molar-refractivity contribution in [3.63, 3.8) is 0 Å². The van der Waals surface area contributed by atoms with Crippen LogP contribution in [0.5, 0.6) is 5.75 Å². The van der Waals surface area contributed by atoms with E-state index in [9.17, 15) is 13.6 Å². The highest BCUT2D eigenvalue weighted by molar-refractivity contribution is 5.94. The topological polar surface area (TPSA) is 73.6 Å². The fraction of sp³-hybridized carbons (Fsp3) is 0.500. The third kappa shape index (κ3) is 7.53. The van der Waals surface area contributed by atoms with Crippen LogP contribution < -0.4 is 15.8 Å². The van der Waals surface area contributed by atoms with Crippen LogP contribution in [0, 0.1) is 0 Å². The lowest BCUT2D eigenvalue weighted by molar-refractivity contribution is 0.0118. The Hall–Kier alpha value is -1.44. The molecule has 0 aliphatic rings. The first-order valence-electron chi connectivity index (χ1n) is 6.56. The summed E-state index contributed by atoms with van der Waals surface area (Å²) >= 11 is 0. The van der Waals surface area contributed by atoms with Crippen molar-refractivity contribution >= 4 is 18.3 Å². The first-order chi connectivity index (χ1) is 9.98. The highest BCUT2D eigenvalue weighted by atomic mass is 35.5. The number of nitrogens with two attached hydrogens (primary N) is 1. The Labute approximate surface area is 134 Å². The van der Waals surface area contributed by atoms with Crippen LogP contribution in [0.3, 0.4) is 0 Å². The zero-order valence-corrected chi connectivity index (χ0v) is 13.1. The summed E-state index contributed by atoms with van der Waals surface area (Å²) in [6, 6.07) is 6.35. The number of hydrogen-bond acceptors (Lipinski definition) is 4. The molecule has 0 saturated heterocycles. The van der Waals surface area contributed by atoms with E-state index in [0.29, 0.717) is 19.0 Å². The quantitative estimate of drug-likeness (QED) is 0.674. The van der Waals surface area contributed by atoms with Gasteiger partial charge in [0.1, 0.15) is 5.75 Å². The molecule has 8 heteroatoms. The average molecular weight is 339 g/mol. The molecule has 1 amide bonds. The molecule has 0 spiro atoms. The van der Waals surface area contributed by atoms with Crippen molar-refractivity contribution < 1.29 is 23.0 Å². The molecule has 0 heterocycles. The molecule has 0 radical (unpaired) electrons. The molecule has 1 rings (SSSR count). The first-order valence-corrected chi connectivity index (χ1v) is 6.56. The summed E-state index contributed by atoms with van der Waals surface area (Å²) in [5, 5.41) is 2.15. The molecule has 22 heavy (non-hydrogen) atoms. The second kappa shape index (κ2) is 10.3. The lowest BCUT2D eigenvalue weighted by Gasteiger charge is -2.14. The van der Waals surface area contributed by atoms with Gasteiger partial charge in [0.2, 0.25) is 0 Å². The van der Waals surface area contributed by atoms with Crippen molar-refractivity contribution in [3.8, 4) is 5.75 Å². The summed E-state index contributed by atoms with van der Waals surface area (Å²) in [6.45, 7) is -0.574. The smallest absolute Gasteiger partial charge is 0.277 e. The molecule has 1 aromatic rings. The highest BCUT2D eigenvalue weighted by Gasteiger charge is 2.27. The summed E-state index contributed by atoms with van der Waals surface area (Å²) in [5.41, 5.74) is 5.16. The maximum Gasteiger partial charge on any atom is 0.277 e. The third-order valence-electron chi connectivity index (χ3n) is 2.66. The standard InChI is InChI=1S/C14H20F2N2O3.ClH/c1-20-6-3-7-21-12-5-2-4-11(8-12)13(19)18-10-14(15,16)9-17;/h2,4-5,8H,3,6-7,9-10,17H2,1H3,(H,18,19);1H. The monoisotopic (exact) mass is 338 g/mol. The second-order valence-corrected chi connectivity index (χ2v) is 4.47. The summed E-state index contributed by atoms with van der Waals surface area (Å²) in [6.07, 6.45) is 0.718. The predicted octanol–water partition coefficient (Wildman–Crippen LogP) is 1.85. The normalized spacial score (nSPS) is 10.7. The molecule has 0 bridgehead atoms. The van der Waals surface area contributed by atoms with Crippen LogP contribution in [-0.4, -0.2) is 45.2 Å². The van der Waals surface area contributed by atoms with Crippen LogP contribution in [0.15, 0.2) is 24.3 Å². The minimum Gasteiger partial charge on any atom is -0.493 e. The Kier molecular flexibility index (Phi) is 9.64. The number of benzene rings is 1. The van der Waals surface area contributed by atoms with Gasteiger partial charge in [-0.25, -0.2) is 8.78 Å². The fourth-order valence-corrected chi connectivity index (χ4v) is 1.50. The first kappa shape index (κ1) is 20.6. The van der Waals surface area contributed by atoms with E-state index >= 15 is 0 Å². The summed E-state index contributed by atoms with van der Waals surface area (Å²) in [7, 11) is 1.60. The zero-order valence-electron chi connectivity index (χ0n) is 12.3. The minimum absolute atomic E-state index is 0. The SMILES string of the molecule is COCCCOc1cccc(C(=O)NCC(F)(F)CN)c1.Cl. The van der Waals surface area contributed by atoms with E-state index in [-0.39, 0.29) is 18.0 Å². The number of rotatable bonds is 9. The molecule has 0 fully saturated rings. The van der Waals surface area contributed by atoms with Crippen molar-refractivity contribution in [2.45, 2.75) is 12.3 Å². The number of ether oxygens (including phenoxy) is 2. The van der Waals surface area contributed by atoms with E-state index in [1.165, 1.54) is 12.1 Å². The van der Waals surface area contributed by atoms with Gasteiger partial charge in [0.15, 0.2) is 0 Å². The highest BCUT2D eigenvalue weighted by Crippen LogP contribution is 2.14. The molecule has 0 aliphatic carbocycles. The van der Waals surface area contributed by atoms with E-state index in [4.69, 9.17) is 15.2 Å². The van der Waals surface area contributed by atoms with Crippen molar-refractivity contribution in [2.75, 3.05) is 33.4 Å². The van der Waals surface area contributed by atoms with Gasteiger partial charge in [-0.1, -0.05) is 6.07 Å². The van der Waals surface area contributed by atoms with E-state index in [0.717, 1.165) is 6.42 Å². The van der Waals surface area contributed by atoms with Crippen LogP contribution in [-0.2, 0) is 4.74 Å². The van der Waals surface area contributed by atoms with Gasteiger partial charge in [-0.2, -0.15) is 0 Å². The van der Waals surface area contributed by atoms with E-state index in [1.54, 1.807) is 19.2 Å². The summed E-state index contributed by atoms with van der Waals surface area (Å²) < 4.78 is 36.3. The van der Waals surface area contributed by atoms with Crippen molar-refractivity contribution in [3.05, 3.63) is 29.8 Å². The van der Waals surface area contributed by atoms with Gasteiger partial charge in [0.25, 0.3) is 11.8 Å². The summed E-state index contributed by atoms with van der Waals surface area (Å²) in [5.74, 6) is -3.20.